The number of anilines is 1. The van der Waals surface area contributed by atoms with Crippen molar-refractivity contribution in [2.75, 3.05) is 5.32 Å². The van der Waals surface area contributed by atoms with Gasteiger partial charge in [0, 0.05) is 12.2 Å². The van der Waals surface area contributed by atoms with Crippen molar-refractivity contribution < 1.29 is 0 Å². The summed E-state index contributed by atoms with van der Waals surface area (Å²) in [5, 5.41) is 7.83. The minimum Gasteiger partial charge on any atom is -0.379 e. The Balaban J connectivity index is 1.81. The summed E-state index contributed by atoms with van der Waals surface area (Å²) in [7, 11) is 0. The van der Waals surface area contributed by atoms with Crippen LogP contribution in [0.2, 0.25) is 0 Å². The molecule has 0 saturated heterocycles. The van der Waals surface area contributed by atoms with Crippen LogP contribution in [-0.2, 0) is 0 Å². The number of nitrogens with one attached hydrogen (secondary N) is 1. The van der Waals surface area contributed by atoms with Crippen molar-refractivity contribution in [3.63, 3.8) is 0 Å². The fraction of sp³-hybridized carbons (Fsp3) is 0.533. The van der Waals surface area contributed by atoms with Gasteiger partial charge < -0.3 is 5.32 Å². The molecule has 0 aromatic carbocycles. The van der Waals surface area contributed by atoms with E-state index in [0.29, 0.717) is 12.0 Å². The maximum atomic E-state index is 4.42. The van der Waals surface area contributed by atoms with Crippen molar-refractivity contribution in [2.24, 2.45) is 11.8 Å². The van der Waals surface area contributed by atoms with Crippen LogP contribution in [0, 0.1) is 11.8 Å². The van der Waals surface area contributed by atoms with Crippen LogP contribution in [0.25, 0.3) is 5.82 Å². The second kappa shape index (κ2) is 5.61. The summed E-state index contributed by atoms with van der Waals surface area (Å²) in [5.74, 6) is 2.34. The summed E-state index contributed by atoms with van der Waals surface area (Å²) in [4.78, 5) is 8.42. The molecule has 1 N–H and O–H groups in total. The molecular formula is C15H21N5. The van der Waals surface area contributed by atoms with Crippen LogP contribution in [0.15, 0.2) is 31.0 Å². The monoisotopic (exact) mass is 271 g/mol. The molecule has 5 nitrogen and oxygen atoms in total. The first-order valence-corrected chi connectivity index (χ1v) is 7.30. The minimum atomic E-state index is 0.512. The van der Waals surface area contributed by atoms with E-state index in [1.807, 2.05) is 6.07 Å². The number of rotatable bonds is 3. The Kier molecular flexibility index (Phi) is 3.67. The van der Waals surface area contributed by atoms with Crippen LogP contribution in [0.3, 0.4) is 0 Å². The van der Waals surface area contributed by atoms with Crippen LogP contribution >= 0.6 is 0 Å². The summed E-state index contributed by atoms with van der Waals surface area (Å²) >= 11 is 0. The van der Waals surface area contributed by atoms with E-state index < -0.39 is 0 Å². The van der Waals surface area contributed by atoms with Gasteiger partial charge in [-0.25, -0.2) is 14.6 Å². The lowest BCUT2D eigenvalue weighted by molar-refractivity contribution is 0.276. The van der Waals surface area contributed by atoms with Crippen LogP contribution in [0.5, 0.6) is 0 Å². The topological polar surface area (TPSA) is 55.6 Å². The second-order valence-corrected chi connectivity index (χ2v) is 5.86. The Morgan fingerprint density at radius 2 is 2.20 bits per heavy atom. The lowest BCUT2D eigenvalue weighted by Crippen LogP contribution is -2.33. The van der Waals surface area contributed by atoms with E-state index in [4.69, 9.17) is 0 Å². The van der Waals surface area contributed by atoms with Crippen molar-refractivity contribution in [2.45, 2.75) is 39.2 Å². The van der Waals surface area contributed by atoms with Gasteiger partial charge in [-0.1, -0.05) is 13.8 Å². The molecule has 3 unspecified atom stereocenters. The van der Waals surface area contributed by atoms with Gasteiger partial charge in [0.1, 0.15) is 12.7 Å². The number of nitrogens with zero attached hydrogens (tertiary/aromatic N) is 4. The number of aromatic nitrogens is 4. The third-order valence-electron chi connectivity index (χ3n) is 4.19. The molecule has 3 atom stereocenters. The summed E-state index contributed by atoms with van der Waals surface area (Å²) in [6.07, 6.45) is 8.80. The standard InChI is InChI=1S/C15H21N5/c1-11-5-6-13(12(2)8-11)19-14-4-3-7-17-15(14)20-10-16-9-18-20/h3-4,7,9-13,19H,5-6,8H2,1-2H3. The lowest BCUT2D eigenvalue weighted by atomic mass is 9.80. The van der Waals surface area contributed by atoms with Gasteiger partial charge in [-0.05, 0) is 43.2 Å². The van der Waals surface area contributed by atoms with Crippen LogP contribution in [-0.4, -0.2) is 25.8 Å². The first kappa shape index (κ1) is 13.1. The Morgan fingerprint density at radius 1 is 1.30 bits per heavy atom. The molecule has 1 fully saturated rings. The van der Waals surface area contributed by atoms with Gasteiger partial charge in [0.25, 0.3) is 0 Å². The zero-order chi connectivity index (χ0) is 13.9. The quantitative estimate of drug-likeness (QED) is 0.932. The molecule has 5 heteroatoms. The molecule has 0 aliphatic heterocycles. The highest BCUT2D eigenvalue weighted by molar-refractivity contribution is 5.56. The molecule has 0 radical (unpaired) electrons. The average Bonchev–Trinajstić information content (AvgIpc) is 2.96. The fourth-order valence-corrected chi connectivity index (χ4v) is 3.09. The van der Waals surface area contributed by atoms with Crippen molar-refractivity contribution in [1.29, 1.82) is 0 Å². The van der Waals surface area contributed by atoms with Gasteiger partial charge in [-0.3, -0.25) is 0 Å². The molecular weight excluding hydrogens is 250 g/mol. The molecule has 1 aliphatic rings. The van der Waals surface area contributed by atoms with Gasteiger partial charge in [0.05, 0.1) is 5.69 Å². The third kappa shape index (κ3) is 2.66. The first-order chi connectivity index (χ1) is 9.74. The Morgan fingerprint density at radius 3 is 2.95 bits per heavy atom. The largest absolute Gasteiger partial charge is 0.379 e. The summed E-state index contributed by atoms with van der Waals surface area (Å²) < 4.78 is 1.71. The van der Waals surface area contributed by atoms with Crippen LogP contribution in [0.4, 0.5) is 5.69 Å². The van der Waals surface area contributed by atoms with Crippen molar-refractivity contribution in [3.8, 4) is 5.82 Å². The average molecular weight is 271 g/mol. The van der Waals surface area contributed by atoms with Crippen molar-refractivity contribution >= 4 is 5.69 Å². The molecule has 2 aromatic rings. The van der Waals surface area contributed by atoms with E-state index in [2.05, 4.69) is 40.3 Å². The normalized spacial score (nSPS) is 26.4. The molecule has 106 valence electrons. The van der Waals surface area contributed by atoms with E-state index in [-0.39, 0.29) is 0 Å². The molecule has 0 amide bonds. The van der Waals surface area contributed by atoms with E-state index in [1.54, 1.807) is 17.2 Å². The predicted octanol–water partition coefficient (Wildman–Crippen LogP) is 2.90. The van der Waals surface area contributed by atoms with Crippen molar-refractivity contribution in [3.05, 3.63) is 31.0 Å². The van der Waals surface area contributed by atoms with Gasteiger partial charge in [0.15, 0.2) is 5.82 Å². The molecule has 1 saturated carbocycles. The minimum absolute atomic E-state index is 0.512. The van der Waals surface area contributed by atoms with E-state index >= 15 is 0 Å². The van der Waals surface area contributed by atoms with Gasteiger partial charge in [0.2, 0.25) is 0 Å². The molecule has 0 spiro atoms. The van der Waals surface area contributed by atoms with E-state index in [0.717, 1.165) is 17.4 Å². The van der Waals surface area contributed by atoms with Crippen LogP contribution < -0.4 is 5.32 Å². The zero-order valence-electron chi connectivity index (χ0n) is 12.0. The summed E-state index contributed by atoms with van der Waals surface area (Å²) in [6, 6.07) is 4.53. The molecule has 20 heavy (non-hydrogen) atoms. The molecule has 0 bridgehead atoms. The highest BCUT2D eigenvalue weighted by atomic mass is 15.3. The molecule has 3 rings (SSSR count). The molecule has 1 aliphatic carbocycles. The Labute approximate surface area is 119 Å². The number of hydrogen-bond donors (Lipinski definition) is 1. The SMILES string of the molecule is CC1CCC(Nc2cccnc2-n2cncn2)C(C)C1. The predicted molar refractivity (Wildman–Crippen MR) is 78.7 cm³/mol. The first-order valence-electron chi connectivity index (χ1n) is 7.30. The Hall–Kier alpha value is -1.91. The molecule has 2 aromatic heterocycles. The fourth-order valence-electron chi connectivity index (χ4n) is 3.09. The van der Waals surface area contributed by atoms with Crippen molar-refractivity contribution in [1.82, 2.24) is 19.7 Å². The van der Waals surface area contributed by atoms with Gasteiger partial charge in [-0.15, -0.1) is 0 Å². The third-order valence-corrected chi connectivity index (χ3v) is 4.19. The maximum absolute atomic E-state index is 4.42. The number of hydrogen-bond acceptors (Lipinski definition) is 4. The van der Waals surface area contributed by atoms with Crippen LogP contribution in [0.1, 0.15) is 33.1 Å². The Bertz CT molecular complexity index is 551. The summed E-state index contributed by atoms with van der Waals surface area (Å²) in [5.41, 5.74) is 1.03. The highest BCUT2D eigenvalue weighted by Crippen LogP contribution is 2.31. The van der Waals surface area contributed by atoms with E-state index in [1.165, 1.54) is 25.6 Å². The van der Waals surface area contributed by atoms with Gasteiger partial charge in [-0.2, -0.15) is 5.10 Å². The summed E-state index contributed by atoms with van der Waals surface area (Å²) in [6.45, 7) is 4.68. The zero-order valence-corrected chi connectivity index (χ0v) is 12.0. The smallest absolute Gasteiger partial charge is 0.178 e. The highest BCUT2D eigenvalue weighted by Gasteiger charge is 2.25. The maximum Gasteiger partial charge on any atom is 0.178 e. The van der Waals surface area contributed by atoms with E-state index in [9.17, 15) is 0 Å². The van der Waals surface area contributed by atoms with Gasteiger partial charge >= 0.3 is 0 Å². The lowest BCUT2D eigenvalue weighted by Gasteiger charge is -2.34. The molecule has 2 heterocycles. The second-order valence-electron chi connectivity index (χ2n) is 5.86. The number of pyridine rings is 1.